The summed E-state index contributed by atoms with van der Waals surface area (Å²) in [6.07, 6.45) is 1.07. The lowest BCUT2D eigenvalue weighted by atomic mass is 10.1. The Morgan fingerprint density at radius 1 is 0.697 bits per heavy atom. The highest BCUT2D eigenvalue weighted by molar-refractivity contribution is 6.75. The normalized spacial score (nSPS) is 27.0. The maximum Gasteiger partial charge on any atom is 0.192 e. The first-order valence-electron chi connectivity index (χ1n) is 12.7. The van der Waals surface area contributed by atoms with Crippen molar-refractivity contribution in [2.75, 3.05) is 0 Å². The van der Waals surface area contributed by atoms with E-state index in [4.69, 9.17) is 18.0 Å². The predicted molar refractivity (Wildman–Crippen MR) is 151 cm³/mol. The van der Waals surface area contributed by atoms with Crippen molar-refractivity contribution in [2.45, 2.75) is 154 Å². The highest BCUT2D eigenvalue weighted by Crippen LogP contribution is 2.45. The predicted octanol–water partition coefficient (Wildman–Crippen LogP) is 8.13. The van der Waals surface area contributed by atoms with Crippen molar-refractivity contribution < 1.29 is 18.0 Å². The van der Waals surface area contributed by atoms with Crippen molar-refractivity contribution in [3.8, 4) is 0 Å². The Kier molecular flexibility index (Phi) is 9.42. The van der Waals surface area contributed by atoms with E-state index in [9.17, 15) is 0 Å². The summed E-state index contributed by atoms with van der Waals surface area (Å²) >= 11 is 0. The summed E-state index contributed by atoms with van der Waals surface area (Å²) in [6.45, 7) is 40.6. The molecule has 0 amide bonds. The second-order valence-corrected chi connectivity index (χ2v) is 28.8. The Balaban J connectivity index is 3.44. The monoisotopic (exact) mass is 516 g/mol. The van der Waals surface area contributed by atoms with E-state index in [-0.39, 0.29) is 45.6 Å². The van der Waals surface area contributed by atoms with E-state index in [1.807, 2.05) is 6.08 Å². The minimum Gasteiger partial charge on any atom is -0.411 e. The summed E-state index contributed by atoms with van der Waals surface area (Å²) in [4.78, 5) is 0. The molecule has 4 nitrogen and oxygen atoms in total. The molecule has 5 atom stereocenters. The molecule has 1 fully saturated rings. The van der Waals surface area contributed by atoms with Crippen LogP contribution >= 0.6 is 0 Å². The summed E-state index contributed by atoms with van der Waals surface area (Å²) in [5.74, 6) is 0. The average molecular weight is 517 g/mol. The van der Waals surface area contributed by atoms with Crippen LogP contribution in [-0.4, -0.2) is 55.5 Å². The third-order valence-corrected chi connectivity index (χ3v) is 22.3. The largest absolute Gasteiger partial charge is 0.411 e. The Bertz CT molecular complexity index is 668. The van der Waals surface area contributed by atoms with E-state index in [1.54, 1.807) is 0 Å². The van der Waals surface area contributed by atoms with Gasteiger partial charge in [0.2, 0.25) is 0 Å². The number of hydrogen-bond donors (Lipinski definition) is 0. The molecule has 1 aliphatic heterocycles. The minimum atomic E-state index is -2.08. The van der Waals surface area contributed by atoms with Gasteiger partial charge >= 0.3 is 0 Å². The van der Waals surface area contributed by atoms with Crippen LogP contribution < -0.4 is 0 Å². The molecule has 1 saturated heterocycles. The van der Waals surface area contributed by atoms with E-state index in [0.717, 1.165) is 0 Å². The summed E-state index contributed by atoms with van der Waals surface area (Å²) in [7, 11) is -6.11. The fourth-order valence-corrected chi connectivity index (χ4v) is 7.31. The van der Waals surface area contributed by atoms with Crippen molar-refractivity contribution >= 4 is 25.0 Å². The molecular formula is C26H56O4Si3. The molecule has 7 heteroatoms. The van der Waals surface area contributed by atoms with Crippen LogP contribution in [0.3, 0.4) is 0 Å². The lowest BCUT2D eigenvalue weighted by Crippen LogP contribution is -2.56. The molecule has 0 aromatic rings. The van der Waals surface area contributed by atoms with Gasteiger partial charge in [-0.25, -0.2) is 0 Å². The van der Waals surface area contributed by atoms with Gasteiger partial charge in [-0.05, 0) is 61.3 Å². The smallest absolute Gasteiger partial charge is 0.192 e. The van der Waals surface area contributed by atoms with Gasteiger partial charge in [0.1, 0.15) is 24.4 Å². The van der Waals surface area contributed by atoms with Crippen molar-refractivity contribution in [1.29, 1.82) is 0 Å². The molecule has 1 heterocycles. The van der Waals surface area contributed by atoms with E-state index in [2.05, 4.69) is 115 Å². The molecular weight excluding hydrogens is 461 g/mol. The van der Waals surface area contributed by atoms with E-state index < -0.39 is 25.0 Å². The molecule has 0 aliphatic carbocycles. The highest BCUT2D eigenvalue weighted by atomic mass is 28.4. The van der Waals surface area contributed by atoms with Crippen molar-refractivity contribution in [3.63, 3.8) is 0 Å². The quantitative estimate of drug-likeness (QED) is 0.241. The van der Waals surface area contributed by atoms with Gasteiger partial charge in [0.15, 0.2) is 25.0 Å². The van der Waals surface area contributed by atoms with E-state index >= 15 is 0 Å². The fourth-order valence-electron chi connectivity index (χ4n) is 3.29. The standard InChI is InChI=1S/C26H56O4Si3/c1-18-20-22(29-32(14,15)25(6,7)8)23(30-33(16,17)26(9,10)11)21(27-20)19(2)28-31(12,13)24(3,4)5/h18-23H,1H2,2-17H3/t19-,20-,21+,22+,23+/m1/s1. The van der Waals surface area contributed by atoms with Crippen LogP contribution in [0.2, 0.25) is 54.4 Å². The molecule has 0 aromatic carbocycles. The first kappa shape index (κ1) is 31.3. The molecule has 0 saturated carbocycles. The molecule has 196 valence electrons. The highest BCUT2D eigenvalue weighted by Gasteiger charge is 2.55. The molecule has 0 spiro atoms. The molecule has 0 N–H and O–H groups in total. The second kappa shape index (κ2) is 9.94. The first-order valence-corrected chi connectivity index (χ1v) is 21.4. The first-order chi connectivity index (χ1) is 14.4. The SMILES string of the molecule is C=C[C@H]1O[C@@H]([C@@H](C)O[Si](C)(C)C(C)(C)C)[C@H](O[Si](C)(C)C(C)(C)C)[C@H]1O[Si](C)(C)C(C)(C)C. The van der Waals surface area contributed by atoms with Gasteiger partial charge in [0.25, 0.3) is 0 Å². The zero-order valence-electron chi connectivity index (χ0n) is 24.8. The van der Waals surface area contributed by atoms with Crippen LogP contribution in [0.5, 0.6) is 0 Å². The van der Waals surface area contributed by atoms with Gasteiger partial charge in [-0.15, -0.1) is 6.58 Å². The minimum absolute atomic E-state index is 0.0869. The Labute approximate surface area is 209 Å². The van der Waals surface area contributed by atoms with E-state index in [0.29, 0.717) is 0 Å². The van der Waals surface area contributed by atoms with Gasteiger partial charge in [0, 0.05) is 0 Å². The van der Waals surface area contributed by atoms with Gasteiger partial charge in [-0.1, -0.05) is 68.4 Å². The van der Waals surface area contributed by atoms with Crippen LogP contribution in [0.4, 0.5) is 0 Å². The maximum absolute atomic E-state index is 7.10. The average Bonchev–Trinajstić information content (AvgIpc) is 2.88. The van der Waals surface area contributed by atoms with Crippen LogP contribution in [0.1, 0.15) is 69.2 Å². The zero-order chi connectivity index (χ0) is 26.4. The van der Waals surface area contributed by atoms with E-state index in [1.165, 1.54) is 0 Å². The molecule has 33 heavy (non-hydrogen) atoms. The molecule has 0 unspecified atom stereocenters. The molecule has 1 rings (SSSR count). The van der Waals surface area contributed by atoms with Crippen LogP contribution in [-0.2, 0) is 18.0 Å². The molecule has 0 aromatic heterocycles. The summed E-state index contributed by atoms with van der Waals surface area (Å²) in [5.41, 5.74) is 0. The van der Waals surface area contributed by atoms with Crippen molar-refractivity contribution in [1.82, 2.24) is 0 Å². The third-order valence-electron chi connectivity index (χ3n) is 8.74. The van der Waals surface area contributed by atoms with Crippen LogP contribution in [0.25, 0.3) is 0 Å². The van der Waals surface area contributed by atoms with Gasteiger partial charge < -0.3 is 18.0 Å². The fraction of sp³-hybridized carbons (Fsp3) is 0.923. The van der Waals surface area contributed by atoms with Crippen LogP contribution in [0, 0.1) is 0 Å². The van der Waals surface area contributed by atoms with Crippen LogP contribution in [0.15, 0.2) is 12.7 Å². The van der Waals surface area contributed by atoms with Gasteiger partial charge in [-0.3, -0.25) is 0 Å². The third kappa shape index (κ3) is 7.14. The number of hydrogen-bond acceptors (Lipinski definition) is 4. The lowest BCUT2D eigenvalue weighted by molar-refractivity contribution is -0.0414. The van der Waals surface area contributed by atoms with Crippen molar-refractivity contribution in [3.05, 3.63) is 12.7 Å². The molecule has 1 aliphatic rings. The van der Waals surface area contributed by atoms with Gasteiger partial charge in [-0.2, -0.15) is 0 Å². The lowest BCUT2D eigenvalue weighted by Gasteiger charge is -2.45. The van der Waals surface area contributed by atoms with Gasteiger partial charge in [0.05, 0.1) is 6.10 Å². The maximum atomic E-state index is 7.10. The molecule has 0 bridgehead atoms. The summed E-state index contributed by atoms with van der Waals surface area (Å²) < 4.78 is 27.6. The topological polar surface area (TPSA) is 36.9 Å². The zero-order valence-corrected chi connectivity index (χ0v) is 27.8. The summed E-state index contributed by atoms with van der Waals surface area (Å²) in [6, 6.07) is 0. The van der Waals surface area contributed by atoms with Crippen molar-refractivity contribution in [2.24, 2.45) is 0 Å². The second-order valence-electron chi connectivity index (χ2n) is 14.6. The summed E-state index contributed by atoms with van der Waals surface area (Å²) in [5, 5.41) is 0.320. The number of rotatable bonds is 8. The Hall–Kier alpha value is 0.231. The molecule has 0 radical (unpaired) electrons. The number of ether oxygens (including phenoxy) is 1. The Morgan fingerprint density at radius 3 is 1.39 bits per heavy atom. The Morgan fingerprint density at radius 2 is 1.06 bits per heavy atom.